The lowest BCUT2D eigenvalue weighted by Gasteiger charge is -2.19. The lowest BCUT2D eigenvalue weighted by atomic mass is 10.1. The molecule has 0 aliphatic rings. The van der Waals surface area contributed by atoms with Gasteiger partial charge in [0.25, 0.3) is 5.91 Å². The zero-order valence-electron chi connectivity index (χ0n) is 14.9. The van der Waals surface area contributed by atoms with Crippen molar-refractivity contribution in [2.24, 2.45) is 0 Å². The molecule has 2 aromatic carbocycles. The molecule has 1 amide bonds. The molecule has 8 heteroatoms. The van der Waals surface area contributed by atoms with Gasteiger partial charge >= 0.3 is 0 Å². The van der Waals surface area contributed by atoms with E-state index in [-0.39, 0.29) is 24.1 Å². The van der Waals surface area contributed by atoms with Crippen LogP contribution in [0.5, 0.6) is 5.75 Å². The van der Waals surface area contributed by atoms with Crippen molar-refractivity contribution in [2.75, 3.05) is 33.4 Å². The van der Waals surface area contributed by atoms with Crippen molar-refractivity contribution in [2.45, 2.75) is 6.10 Å². The largest absolute Gasteiger partial charge is 0.476 e. The van der Waals surface area contributed by atoms with Gasteiger partial charge in [-0.05, 0) is 12.1 Å². The first-order valence-corrected chi connectivity index (χ1v) is 8.26. The van der Waals surface area contributed by atoms with E-state index in [9.17, 15) is 13.6 Å². The highest BCUT2D eigenvalue weighted by atomic mass is 35.5. The summed E-state index contributed by atoms with van der Waals surface area (Å²) in [6.45, 7) is 2.23. The number of carbonyl (C=O) groups excluding carboxylic acids is 1. The summed E-state index contributed by atoms with van der Waals surface area (Å²) in [6.07, 6.45) is -0.972. The lowest BCUT2D eigenvalue weighted by molar-refractivity contribution is -0.128. The SMILES string of the molecule is COCCNCCNC(=O)C(Oc1ccc(F)c(F)c1)c1ccccc1.Cl. The minimum atomic E-state index is -1.03. The normalized spacial score (nSPS) is 11.4. The molecule has 0 aliphatic carbocycles. The van der Waals surface area contributed by atoms with E-state index in [0.29, 0.717) is 31.8 Å². The molecular formula is C19H23ClF2N2O3. The summed E-state index contributed by atoms with van der Waals surface area (Å²) in [5, 5.41) is 5.88. The molecule has 0 spiro atoms. The highest BCUT2D eigenvalue weighted by Gasteiger charge is 2.22. The molecule has 1 unspecified atom stereocenters. The van der Waals surface area contributed by atoms with Crippen LogP contribution < -0.4 is 15.4 Å². The standard InChI is InChI=1S/C19H22F2N2O3.ClH/c1-25-12-11-22-9-10-23-19(24)18(14-5-3-2-4-6-14)26-15-7-8-16(20)17(21)13-15;/h2-8,13,18,22H,9-12H2,1H3,(H,23,24);1H. The number of methoxy groups -OCH3 is 1. The highest BCUT2D eigenvalue weighted by Crippen LogP contribution is 2.24. The van der Waals surface area contributed by atoms with E-state index in [1.807, 2.05) is 6.07 Å². The van der Waals surface area contributed by atoms with Gasteiger partial charge in [-0.2, -0.15) is 0 Å². The van der Waals surface area contributed by atoms with Gasteiger partial charge in [0.2, 0.25) is 6.10 Å². The molecule has 27 heavy (non-hydrogen) atoms. The maximum absolute atomic E-state index is 13.4. The van der Waals surface area contributed by atoms with Crippen molar-refractivity contribution in [3.05, 3.63) is 65.7 Å². The number of ether oxygens (including phenoxy) is 2. The van der Waals surface area contributed by atoms with Crippen LogP contribution in [0.3, 0.4) is 0 Å². The molecule has 0 radical (unpaired) electrons. The first-order chi connectivity index (χ1) is 12.6. The molecule has 1 atom stereocenters. The van der Waals surface area contributed by atoms with Crippen molar-refractivity contribution in [3.63, 3.8) is 0 Å². The Balaban J connectivity index is 0.00000364. The topological polar surface area (TPSA) is 59.6 Å². The summed E-state index contributed by atoms with van der Waals surface area (Å²) in [4.78, 5) is 12.5. The summed E-state index contributed by atoms with van der Waals surface area (Å²) in [7, 11) is 1.61. The lowest BCUT2D eigenvalue weighted by Crippen LogP contribution is -2.37. The quantitative estimate of drug-likeness (QED) is 0.602. The first-order valence-electron chi connectivity index (χ1n) is 8.26. The summed E-state index contributed by atoms with van der Waals surface area (Å²) < 4.78 is 37.1. The second-order valence-corrected chi connectivity index (χ2v) is 5.52. The minimum Gasteiger partial charge on any atom is -0.476 e. The second kappa shape index (κ2) is 12.2. The van der Waals surface area contributed by atoms with Crippen LogP contribution in [0.25, 0.3) is 0 Å². The summed E-state index contributed by atoms with van der Waals surface area (Å²) in [5.41, 5.74) is 0.613. The van der Waals surface area contributed by atoms with Crippen LogP contribution in [0.2, 0.25) is 0 Å². The third-order valence-corrected chi connectivity index (χ3v) is 3.57. The maximum atomic E-state index is 13.4. The summed E-state index contributed by atoms with van der Waals surface area (Å²) in [5.74, 6) is -2.29. The van der Waals surface area contributed by atoms with Gasteiger partial charge in [-0.3, -0.25) is 4.79 Å². The highest BCUT2D eigenvalue weighted by molar-refractivity contribution is 5.85. The molecule has 0 saturated heterocycles. The van der Waals surface area contributed by atoms with Gasteiger partial charge in [-0.1, -0.05) is 30.3 Å². The van der Waals surface area contributed by atoms with Crippen LogP contribution in [0.4, 0.5) is 8.78 Å². The van der Waals surface area contributed by atoms with Crippen LogP contribution >= 0.6 is 12.4 Å². The third-order valence-electron chi connectivity index (χ3n) is 3.57. The Hall–Kier alpha value is -2.22. The van der Waals surface area contributed by atoms with Gasteiger partial charge in [0.1, 0.15) is 5.75 Å². The second-order valence-electron chi connectivity index (χ2n) is 5.52. The molecule has 5 nitrogen and oxygen atoms in total. The fraction of sp³-hybridized carbons (Fsp3) is 0.316. The Kier molecular flexibility index (Phi) is 10.3. The van der Waals surface area contributed by atoms with Gasteiger partial charge in [-0.25, -0.2) is 8.78 Å². The van der Waals surface area contributed by atoms with E-state index in [2.05, 4.69) is 10.6 Å². The van der Waals surface area contributed by atoms with Crippen molar-refractivity contribution >= 4 is 18.3 Å². The summed E-state index contributed by atoms with van der Waals surface area (Å²) in [6, 6.07) is 12.0. The fourth-order valence-corrected chi connectivity index (χ4v) is 2.25. The molecule has 0 saturated carbocycles. The number of hydrogen-bond acceptors (Lipinski definition) is 4. The molecule has 0 aliphatic heterocycles. The number of halogens is 3. The molecule has 2 aromatic rings. The predicted molar refractivity (Wildman–Crippen MR) is 101 cm³/mol. The van der Waals surface area contributed by atoms with E-state index in [1.165, 1.54) is 6.07 Å². The number of carbonyl (C=O) groups is 1. The van der Waals surface area contributed by atoms with Gasteiger partial charge in [0.05, 0.1) is 6.61 Å². The number of hydrogen-bond donors (Lipinski definition) is 2. The van der Waals surface area contributed by atoms with Crippen LogP contribution in [0.15, 0.2) is 48.5 Å². The third kappa shape index (κ3) is 7.50. The van der Waals surface area contributed by atoms with Crippen LogP contribution in [-0.2, 0) is 9.53 Å². The van der Waals surface area contributed by atoms with E-state index >= 15 is 0 Å². The van der Waals surface area contributed by atoms with E-state index in [1.54, 1.807) is 31.4 Å². The van der Waals surface area contributed by atoms with Crippen molar-refractivity contribution in [1.29, 1.82) is 0 Å². The van der Waals surface area contributed by atoms with Crippen molar-refractivity contribution in [3.8, 4) is 5.75 Å². The fourth-order valence-electron chi connectivity index (χ4n) is 2.25. The van der Waals surface area contributed by atoms with Crippen LogP contribution in [0, 0.1) is 11.6 Å². The number of benzene rings is 2. The predicted octanol–water partition coefficient (Wildman–Crippen LogP) is 2.86. The van der Waals surface area contributed by atoms with Crippen molar-refractivity contribution in [1.82, 2.24) is 10.6 Å². The number of nitrogens with one attached hydrogen (secondary N) is 2. The van der Waals surface area contributed by atoms with Gasteiger partial charge in [0.15, 0.2) is 11.6 Å². The molecule has 0 fully saturated rings. The van der Waals surface area contributed by atoms with E-state index < -0.39 is 17.7 Å². The zero-order valence-corrected chi connectivity index (χ0v) is 15.7. The van der Waals surface area contributed by atoms with Crippen LogP contribution in [0.1, 0.15) is 11.7 Å². The Morgan fingerprint density at radius 3 is 2.44 bits per heavy atom. The van der Waals surface area contributed by atoms with Gasteiger partial charge in [0, 0.05) is 38.4 Å². The Morgan fingerprint density at radius 2 is 1.78 bits per heavy atom. The Labute approximate surface area is 163 Å². The molecule has 2 N–H and O–H groups in total. The van der Waals surface area contributed by atoms with Crippen LogP contribution in [-0.4, -0.2) is 39.3 Å². The van der Waals surface area contributed by atoms with E-state index in [0.717, 1.165) is 12.1 Å². The smallest absolute Gasteiger partial charge is 0.265 e. The molecular weight excluding hydrogens is 378 g/mol. The molecule has 2 rings (SSSR count). The number of rotatable bonds is 10. The number of amides is 1. The first kappa shape index (κ1) is 22.8. The molecule has 0 heterocycles. The minimum absolute atomic E-state index is 0. The molecule has 148 valence electrons. The van der Waals surface area contributed by atoms with Crippen molar-refractivity contribution < 1.29 is 23.0 Å². The average molecular weight is 401 g/mol. The average Bonchev–Trinajstić information content (AvgIpc) is 2.66. The van der Waals surface area contributed by atoms with Gasteiger partial charge < -0.3 is 20.1 Å². The Bertz CT molecular complexity index is 705. The maximum Gasteiger partial charge on any atom is 0.265 e. The monoisotopic (exact) mass is 400 g/mol. The van der Waals surface area contributed by atoms with Gasteiger partial charge in [-0.15, -0.1) is 12.4 Å². The Morgan fingerprint density at radius 1 is 1.04 bits per heavy atom. The summed E-state index contributed by atoms with van der Waals surface area (Å²) >= 11 is 0. The zero-order chi connectivity index (χ0) is 18.8. The van der Waals surface area contributed by atoms with E-state index in [4.69, 9.17) is 9.47 Å². The molecule has 0 aromatic heterocycles. The molecule has 0 bridgehead atoms.